The Morgan fingerprint density at radius 1 is 1.11 bits per heavy atom. The third kappa shape index (κ3) is 3.58. The standard InChI is InChI=1S/C22H24N2O4/c1-5-18(22(26)23-17-11-10-15(27-3)13-20(17)28-4)24-19-9-7-6-8-16(19)14(2)12-21(24)25/h6-13,18H,5H2,1-4H3,(H,23,26). The number of benzene rings is 2. The summed E-state index contributed by atoms with van der Waals surface area (Å²) in [6, 6.07) is 13.7. The first-order chi connectivity index (χ1) is 13.5. The molecule has 1 atom stereocenters. The number of hydrogen-bond donors (Lipinski definition) is 1. The molecule has 0 saturated heterocycles. The minimum atomic E-state index is -0.648. The average molecular weight is 380 g/mol. The highest BCUT2D eigenvalue weighted by Gasteiger charge is 2.23. The highest BCUT2D eigenvalue weighted by atomic mass is 16.5. The van der Waals surface area contributed by atoms with Crippen molar-refractivity contribution < 1.29 is 14.3 Å². The van der Waals surface area contributed by atoms with Gasteiger partial charge in [0.05, 0.1) is 25.4 Å². The molecule has 3 aromatic rings. The summed E-state index contributed by atoms with van der Waals surface area (Å²) >= 11 is 0. The molecule has 28 heavy (non-hydrogen) atoms. The number of amides is 1. The molecule has 0 fully saturated rings. The van der Waals surface area contributed by atoms with Crippen LogP contribution in [-0.4, -0.2) is 24.7 Å². The van der Waals surface area contributed by atoms with E-state index in [-0.39, 0.29) is 11.5 Å². The number of methoxy groups -OCH3 is 2. The number of ether oxygens (including phenoxy) is 2. The molecule has 146 valence electrons. The van der Waals surface area contributed by atoms with Crippen LogP contribution in [0, 0.1) is 6.92 Å². The van der Waals surface area contributed by atoms with E-state index in [1.54, 1.807) is 35.9 Å². The van der Waals surface area contributed by atoms with Crippen LogP contribution in [0.25, 0.3) is 10.9 Å². The van der Waals surface area contributed by atoms with Gasteiger partial charge in [-0.2, -0.15) is 0 Å². The highest BCUT2D eigenvalue weighted by molar-refractivity contribution is 5.96. The Labute approximate surface area is 163 Å². The van der Waals surface area contributed by atoms with Crippen LogP contribution in [0.5, 0.6) is 11.5 Å². The first kappa shape index (κ1) is 19.5. The first-order valence-corrected chi connectivity index (χ1v) is 9.14. The van der Waals surface area contributed by atoms with Crippen molar-refractivity contribution >= 4 is 22.5 Å². The fourth-order valence-corrected chi connectivity index (χ4v) is 3.39. The number of pyridine rings is 1. The first-order valence-electron chi connectivity index (χ1n) is 9.14. The molecule has 6 heteroatoms. The number of rotatable bonds is 6. The minimum absolute atomic E-state index is 0.195. The maximum atomic E-state index is 13.1. The van der Waals surface area contributed by atoms with Gasteiger partial charge in [-0.15, -0.1) is 0 Å². The van der Waals surface area contributed by atoms with Gasteiger partial charge in [-0.25, -0.2) is 0 Å². The second-order valence-electron chi connectivity index (χ2n) is 6.53. The van der Waals surface area contributed by atoms with Gasteiger partial charge in [0.15, 0.2) is 0 Å². The lowest BCUT2D eigenvalue weighted by Gasteiger charge is -2.21. The summed E-state index contributed by atoms with van der Waals surface area (Å²) in [5, 5.41) is 3.84. The molecule has 0 aliphatic carbocycles. The zero-order valence-electron chi connectivity index (χ0n) is 16.5. The zero-order chi connectivity index (χ0) is 20.3. The van der Waals surface area contributed by atoms with Gasteiger partial charge in [0.2, 0.25) is 5.91 Å². The second-order valence-corrected chi connectivity index (χ2v) is 6.53. The van der Waals surface area contributed by atoms with E-state index in [1.165, 1.54) is 7.11 Å². The molecule has 3 rings (SSSR count). The van der Waals surface area contributed by atoms with Crippen LogP contribution in [0.15, 0.2) is 53.3 Å². The maximum Gasteiger partial charge on any atom is 0.252 e. The van der Waals surface area contributed by atoms with Gasteiger partial charge in [0, 0.05) is 17.5 Å². The van der Waals surface area contributed by atoms with Crippen molar-refractivity contribution in [3.05, 3.63) is 64.4 Å². The quantitative estimate of drug-likeness (QED) is 0.704. The van der Waals surface area contributed by atoms with Crippen molar-refractivity contribution in [3.8, 4) is 11.5 Å². The van der Waals surface area contributed by atoms with Crippen LogP contribution in [0.3, 0.4) is 0 Å². The van der Waals surface area contributed by atoms with Gasteiger partial charge in [-0.3, -0.25) is 14.2 Å². The Hall–Kier alpha value is -3.28. The van der Waals surface area contributed by atoms with Crippen molar-refractivity contribution in [2.45, 2.75) is 26.3 Å². The molecule has 0 aliphatic rings. The van der Waals surface area contributed by atoms with Gasteiger partial charge in [0.25, 0.3) is 5.56 Å². The summed E-state index contributed by atoms with van der Waals surface area (Å²) in [6.45, 7) is 3.79. The van der Waals surface area contributed by atoms with Crippen molar-refractivity contribution in [1.29, 1.82) is 0 Å². The number of nitrogens with zero attached hydrogens (tertiary/aromatic N) is 1. The average Bonchev–Trinajstić information content (AvgIpc) is 2.71. The van der Waals surface area contributed by atoms with E-state index in [0.717, 1.165) is 16.5 Å². The molecule has 0 radical (unpaired) electrons. The topological polar surface area (TPSA) is 69.6 Å². The maximum absolute atomic E-state index is 13.1. The summed E-state index contributed by atoms with van der Waals surface area (Å²) in [5.41, 5.74) is 1.97. The van der Waals surface area contributed by atoms with Crippen LogP contribution in [-0.2, 0) is 4.79 Å². The van der Waals surface area contributed by atoms with E-state index in [9.17, 15) is 9.59 Å². The van der Waals surface area contributed by atoms with E-state index in [0.29, 0.717) is 23.6 Å². The van der Waals surface area contributed by atoms with Crippen molar-refractivity contribution in [2.75, 3.05) is 19.5 Å². The summed E-state index contributed by atoms with van der Waals surface area (Å²) in [7, 11) is 3.09. The molecule has 0 aliphatic heterocycles. The fraction of sp³-hybridized carbons (Fsp3) is 0.273. The van der Waals surface area contributed by atoms with E-state index in [4.69, 9.17) is 9.47 Å². The third-order valence-electron chi connectivity index (χ3n) is 4.83. The van der Waals surface area contributed by atoms with Crippen LogP contribution in [0.2, 0.25) is 0 Å². The number of aryl methyl sites for hydroxylation is 1. The largest absolute Gasteiger partial charge is 0.497 e. The number of carbonyl (C=O) groups is 1. The summed E-state index contributed by atoms with van der Waals surface area (Å²) < 4.78 is 12.1. The Morgan fingerprint density at radius 2 is 1.86 bits per heavy atom. The number of nitrogens with one attached hydrogen (secondary N) is 1. The zero-order valence-corrected chi connectivity index (χ0v) is 16.5. The van der Waals surface area contributed by atoms with Crippen LogP contribution < -0.4 is 20.3 Å². The third-order valence-corrected chi connectivity index (χ3v) is 4.83. The number of para-hydroxylation sites is 1. The Kier molecular flexibility index (Phi) is 5.68. The minimum Gasteiger partial charge on any atom is -0.497 e. The number of aromatic nitrogens is 1. The van der Waals surface area contributed by atoms with Crippen LogP contribution >= 0.6 is 0 Å². The predicted molar refractivity (Wildman–Crippen MR) is 110 cm³/mol. The van der Waals surface area contributed by atoms with Gasteiger partial charge >= 0.3 is 0 Å². The second kappa shape index (κ2) is 8.17. The monoisotopic (exact) mass is 380 g/mol. The smallest absolute Gasteiger partial charge is 0.252 e. The van der Waals surface area contributed by atoms with Gasteiger partial charge in [0.1, 0.15) is 17.5 Å². The lowest BCUT2D eigenvalue weighted by molar-refractivity contribution is -0.119. The molecule has 1 N–H and O–H groups in total. The number of fused-ring (bicyclic) bond motifs is 1. The Balaban J connectivity index is 2.02. The van der Waals surface area contributed by atoms with Crippen molar-refractivity contribution in [1.82, 2.24) is 4.57 Å². The molecule has 6 nitrogen and oxygen atoms in total. The van der Waals surface area contributed by atoms with Crippen molar-refractivity contribution in [2.24, 2.45) is 0 Å². The summed E-state index contributed by atoms with van der Waals surface area (Å²) in [5.74, 6) is 0.841. The number of hydrogen-bond acceptors (Lipinski definition) is 4. The molecule has 2 aromatic carbocycles. The summed E-state index contributed by atoms with van der Waals surface area (Å²) in [4.78, 5) is 25.8. The molecule has 1 amide bonds. The van der Waals surface area contributed by atoms with E-state index in [2.05, 4.69) is 5.32 Å². The molecule has 0 spiro atoms. The molecule has 0 saturated carbocycles. The summed E-state index contributed by atoms with van der Waals surface area (Å²) in [6.07, 6.45) is 0.470. The number of carbonyl (C=O) groups excluding carboxylic acids is 1. The molecule has 1 unspecified atom stereocenters. The van der Waals surface area contributed by atoms with E-state index >= 15 is 0 Å². The van der Waals surface area contributed by atoms with E-state index < -0.39 is 6.04 Å². The molecule has 1 aromatic heterocycles. The van der Waals surface area contributed by atoms with Crippen LogP contribution in [0.4, 0.5) is 5.69 Å². The van der Waals surface area contributed by atoms with Crippen molar-refractivity contribution in [3.63, 3.8) is 0 Å². The van der Waals surface area contributed by atoms with Gasteiger partial charge in [-0.1, -0.05) is 25.1 Å². The number of anilines is 1. The lowest BCUT2D eigenvalue weighted by Crippen LogP contribution is -2.33. The highest BCUT2D eigenvalue weighted by Crippen LogP contribution is 2.30. The van der Waals surface area contributed by atoms with Gasteiger partial charge in [-0.05, 0) is 37.1 Å². The molecule has 1 heterocycles. The molecule has 0 bridgehead atoms. The lowest BCUT2D eigenvalue weighted by atomic mass is 10.1. The fourth-order valence-electron chi connectivity index (χ4n) is 3.39. The SMILES string of the molecule is CCC(C(=O)Nc1ccc(OC)cc1OC)n1c(=O)cc(C)c2ccccc21. The normalized spacial score (nSPS) is 11.9. The van der Waals surface area contributed by atoms with Crippen LogP contribution in [0.1, 0.15) is 24.9 Å². The molecular formula is C22H24N2O4. The van der Waals surface area contributed by atoms with E-state index in [1.807, 2.05) is 38.1 Å². The molecular weight excluding hydrogens is 356 g/mol. The Morgan fingerprint density at radius 3 is 2.54 bits per heavy atom. The Bertz CT molecular complexity index is 1070. The predicted octanol–water partition coefficient (Wildman–Crippen LogP) is 3.92. The van der Waals surface area contributed by atoms with Gasteiger partial charge < -0.3 is 14.8 Å².